The highest BCUT2D eigenvalue weighted by Crippen LogP contribution is 2.28. The van der Waals surface area contributed by atoms with Gasteiger partial charge in [0.25, 0.3) is 5.91 Å². The first-order chi connectivity index (χ1) is 11.0. The number of nitrogens with zero attached hydrogens (tertiary/aromatic N) is 6. The van der Waals surface area contributed by atoms with Crippen molar-refractivity contribution in [2.45, 2.75) is 13.3 Å². The predicted molar refractivity (Wildman–Crippen MR) is 86.0 cm³/mol. The van der Waals surface area contributed by atoms with Crippen LogP contribution in [0, 0.1) is 24.2 Å². The normalized spacial score (nSPS) is 17.3. The zero-order valence-electron chi connectivity index (χ0n) is 13.4. The van der Waals surface area contributed by atoms with Crippen LogP contribution in [-0.2, 0) is 0 Å². The summed E-state index contributed by atoms with van der Waals surface area (Å²) >= 11 is 0. The second-order valence-electron chi connectivity index (χ2n) is 5.95. The zero-order chi connectivity index (χ0) is 16.6. The Morgan fingerprint density at radius 3 is 2.87 bits per heavy atom. The first-order valence-corrected chi connectivity index (χ1v) is 7.50. The molecule has 3 heterocycles. The van der Waals surface area contributed by atoms with E-state index >= 15 is 0 Å². The number of fused-ring (bicyclic) bond motifs is 1. The molecule has 1 atom stereocenters. The summed E-state index contributed by atoms with van der Waals surface area (Å²) in [5, 5.41) is 9.85. The summed E-state index contributed by atoms with van der Waals surface area (Å²) in [6.45, 7) is 3.11. The lowest BCUT2D eigenvalue weighted by atomic mass is 10.1. The molecule has 1 saturated heterocycles. The predicted octanol–water partition coefficient (Wildman–Crippen LogP) is 1.38. The first-order valence-electron chi connectivity index (χ1n) is 7.50. The van der Waals surface area contributed by atoms with Crippen LogP contribution in [0.15, 0.2) is 12.3 Å². The van der Waals surface area contributed by atoms with Crippen LogP contribution in [0.3, 0.4) is 0 Å². The first kappa shape index (κ1) is 15.2. The minimum Gasteiger partial charge on any atom is -0.355 e. The van der Waals surface area contributed by atoms with Crippen molar-refractivity contribution in [3.63, 3.8) is 0 Å². The molecule has 3 rings (SSSR count). The Morgan fingerprint density at radius 2 is 2.22 bits per heavy atom. The summed E-state index contributed by atoms with van der Waals surface area (Å²) in [5.74, 6) is 1.10. The standard InChI is InChI=1S/C16H18N6O/c1-10-18-8-12-6-13(16(23)21(2)3)15(20-14(12)19-10)22-5-4-11(7-17)9-22/h6,8,11H,4-5,9H2,1-3H3. The molecule has 23 heavy (non-hydrogen) atoms. The Bertz CT molecular complexity index is 810. The number of aromatic nitrogens is 3. The van der Waals surface area contributed by atoms with Crippen LogP contribution in [-0.4, -0.2) is 52.9 Å². The molecule has 1 aliphatic heterocycles. The van der Waals surface area contributed by atoms with E-state index in [2.05, 4.69) is 21.0 Å². The van der Waals surface area contributed by atoms with Gasteiger partial charge in [0.15, 0.2) is 5.65 Å². The van der Waals surface area contributed by atoms with Gasteiger partial charge in [0.1, 0.15) is 11.6 Å². The van der Waals surface area contributed by atoms with Crippen LogP contribution in [0.1, 0.15) is 22.6 Å². The van der Waals surface area contributed by atoms with Crippen molar-refractivity contribution in [3.8, 4) is 6.07 Å². The fraction of sp³-hybridized carbons (Fsp3) is 0.438. The van der Waals surface area contributed by atoms with Gasteiger partial charge in [0.2, 0.25) is 0 Å². The third kappa shape index (κ3) is 2.80. The van der Waals surface area contributed by atoms with E-state index in [0.717, 1.165) is 11.8 Å². The van der Waals surface area contributed by atoms with Gasteiger partial charge in [-0.15, -0.1) is 0 Å². The smallest absolute Gasteiger partial charge is 0.257 e. The highest BCUT2D eigenvalue weighted by Gasteiger charge is 2.28. The summed E-state index contributed by atoms with van der Waals surface area (Å²) in [5.41, 5.74) is 1.09. The summed E-state index contributed by atoms with van der Waals surface area (Å²) in [6, 6.07) is 4.08. The summed E-state index contributed by atoms with van der Waals surface area (Å²) in [7, 11) is 3.42. The molecular weight excluding hydrogens is 292 g/mol. The van der Waals surface area contributed by atoms with Gasteiger partial charge in [0, 0.05) is 38.8 Å². The fourth-order valence-corrected chi connectivity index (χ4v) is 2.74. The molecule has 0 bridgehead atoms. The molecule has 118 valence electrons. The highest BCUT2D eigenvalue weighted by atomic mass is 16.2. The van der Waals surface area contributed by atoms with Gasteiger partial charge in [0.05, 0.1) is 17.6 Å². The molecular formula is C16H18N6O. The van der Waals surface area contributed by atoms with Crippen LogP contribution in [0.5, 0.6) is 0 Å². The fourth-order valence-electron chi connectivity index (χ4n) is 2.74. The average Bonchev–Trinajstić information content (AvgIpc) is 3.01. The van der Waals surface area contributed by atoms with E-state index in [1.807, 2.05) is 4.90 Å². The summed E-state index contributed by atoms with van der Waals surface area (Å²) in [4.78, 5) is 29.2. The lowest BCUT2D eigenvalue weighted by Crippen LogP contribution is -2.28. The van der Waals surface area contributed by atoms with Gasteiger partial charge in [-0.25, -0.2) is 15.0 Å². The largest absolute Gasteiger partial charge is 0.355 e. The molecule has 0 saturated carbocycles. The quantitative estimate of drug-likeness (QED) is 0.833. The van der Waals surface area contributed by atoms with Gasteiger partial charge < -0.3 is 9.80 Å². The molecule has 2 aromatic rings. The van der Waals surface area contributed by atoms with Crippen LogP contribution >= 0.6 is 0 Å². The Balaban J connectivity index is 2.14. The summed E-state index contributed by atoms with van der Waals surface area (Å²) in [6.07, 6.45) is 2.47. The van der Waals surface area contributed by atoms with Crippen molar-refractivity contribution in [3.05, 3.63) is 23.7 Å². The molecule has 2 aromatic heterocycles. The maximum atomic E-state index is 12.5. The molecule has 1 aliphatic rings. The van der Waals surface area contributed by atoms with E-state index in [-0.39, 0.29) is 11.8 Å². The molecule has 1 unspecified atom stereocenters. The number of rotatable bonds is 2. The number of anilines is 1. The third-order valence-corrected chi connectivity index (χ3v) is 3.98. The van der Waals surface area contributed by atoms with Crippen molar-refractivity contribution in [2.24, 2.45) is 5.92 Å². The number of carbonyl (C=O) groups excluding carboxylic acids is 1. The minimum absolute atomic E-state index is 0.0260. The maximum absolute atomic E-state index is 12.5. The Kier molecular flexibility index (Phi) is 3.82. The monoisotopic (exact) mass is 310 g/mol. The molecule has 0 spiro atoms. The van der Waals surface area contributed by atoms with Crippen LogP contribution < -0.4 is 4.90 Å². The third-order valence-electron chi connectivity index (χ3n) is 3.98. The lowest BCUT2D eigenvalue weighted by molar-refractivity contribution is 0.0828. The molecule has 0 N–H and O–H groups in total. The van der Waals surface area contributed by atoms with Crippen LogP contribution in [0.4, 0.5) is 5.82 Å². The zero-order valence-corrected chi connectivity index (χ0v) is 13.4. The lowest BCUT2D eigenvalue weighted by Gasteiger charge is -2.21. The minimum atomic E-state index is -0.115. The van der Waals surface area contributed by atoms with Gasteiger partial charge in [-0.3, -0.25) is 4.79 Å². The Hall–Kier alpha value is -2.75. The van der Waals surface area contributed by atoms with Gasteiger partial charge in [-0.1, -0.05) is 0 Å². The number of amides is 1. The van der Waals surface area contributed by atoms with Crippen molar-refractivity contribution in [1.29, 1.82) is 5.26 Å². The Labute approximate surface area is 134 Å². The molecule has 1 amide bonds. The van der Waals surface area contributed by atoms with E-state index in [4.69, 9.17) is 5.26 Å². The van der Waals surface area contributed by atoms with Crippen molar-refractivity contribution >= 4 is 22.8 Å². The number of pyridine rings is 1. The SMILES string of the molecule is Cc1ncc2cc(C(=O)N(C)C)c(N3CCC(C#N)C3)nc2n1. The second kappa shape index (κ2) is 5.80. The number of aryl methyl sites for hydroxylation is 1. The van der Waals surface area contributed by atoms with Crippen molar-refractivity contribution < 1.29 is 4.79 Å². The van der Waals surface area contributed by atoms with Crippen molar-refractivity contribution in [2.75, 3.05) is 32.1 Å². The highest BCUT2D eigenvalue weighted by molar-refractivity contribution is 6.01. The van der Waals surface area contributed by atoms with E-state index in [9.17, 15) is 4.79 Å². The Morgan fingerprint density at radius 1 is 1.43 bits per heavy atom. The number of nitriles is 1. The average molecular weight is 310 g/mol. The molecule has 0 radical (unpaired) electrons. The van der Waals surface area contributed by atoms with Gasteiger partial charge >= 0.3 is 0 Å². The van der Waals surface area contributed by atoms with Crippen LogP contribution in [0.25, 0.3) is 11.0 Å². The molecule has 0 aromatic carbocycles. The van der Waals surface area contributed by atoms with Crippen LogP contribution in [0.2, 0.25) is 0 Å². The van der Waals surface area contributed by atoms with Gasteiger partial charge in [-0.05, 0) is 19.4 Å². The van der Waals surface area contributed by atoms with Crippen molar-refractivity contribution in [1.82, 2.24) is 19.9 Å². The molecule has 1 fully saturated rings. The molecule has 0 aliphatic carbocycles. The van der Waals surface area contributed by atoms with E-state index in [1.54, 1.807) is 33.3 Å². The maximum Gasteiger partial charge on any atom is 0.257 e. The molecule has 7 heteroatoms. The number of hydrogen-bond donors (Lipinski definition) is 0. The second-order valence-corrected chi connectivity index (χ2v) is 5.95. The molecule has 7 nitrogen and oxygen atoms in total. The van der Waals surface area contributed by atoms with E-state index < -0.39 is 0 Å². The van der Waals surface area contributed by atoms with E-state index in [1.165, 1.54) is 4.90 Å². The number of hydrogen-bond acceptors (Lipinski definition) is 6. The van der Waals surface area contributed by atoms with Gasteiger partial charge in [-0.2, -0.15) is 5.26 Å². The topological polar surface area (TPSA) is 86.0 Å². The summed E-state index contributed by atoms with van der Waals surface area (Å²) < 4.78 is 0. The van der Waals surface area contributed by atoms with E-state index in [0.29, 0.717) is 35.9 Å². The number of carbonyl (C=O) groups is 1.